The smallest absolute Gasteiger partial charge is 0.361 e. The fourth-order valence-electron chi connectivity index (χ4n) is 3.94. The van der Waals surface area contributed by atoms with Crippen molar-refractivity contribution in [3.8, 4) is 0 Å². The molecule has 0 aliphatic carbocycles. The molecule has 7 nitrogen and oxygen atoms in total. The normalized spacial score (nSPS) is 29.3. The van der Waals surface area contributed by atoms with Crippen molar-refractivity contribution in [3.05, 3.63) is 30.3 Å². The summed E-state index contributed by atoms with van der Waals surface area (Å²) in [5, 5.41) is 3.96. The Kier molecular flexibility index (Phi) is 7.06. The largest absolute Gasteiger partial charge is 0.465 e. The van der Waals surface area contributed by atoms with Gasteiger partial charge in [0.15, 0.2) is 0 Å². The summed E-state index contributed by atoms with van der Waals surface area (Å²) in [6, 6.07) is 9.12. The highest BCUT2D eigenvalue weighted by atomic mass is 31.2. The predicted octanol–water partition coefficient (Wildman–Crippen LogP) is 1.96. The second kappa shape index (κ2) is 9.30. The summed E-state index contributed by atoms with van der Waals surface area (Å²) >= 11 is 0. The topological polar surface area (TPSA) is 99.9 Å². The molecule has 2 aliphatic heterocycles. The molecule has 2 bridgehead atoms. The van der Waals surface area contributed by atoms with E-state index in [1.54, 1.807) is 24.3 Å². The Morgan fingerprint density at radius 1 is 1.26 bits per heavy atom. The number of rotatable bonds is 9. The molecule has 2 heterocycles. The SMILES string of the molecule is COP(=O)(OC1CC2CCC(N2)[C@H]1C(=O)OCCCCN)c1ccccc1. The number of benzene rings is 1. The summed E-state index contributed by atoms with van der Waals surface area (Å²) in [5.74, 6) is -0.792. The third-order valence-electron chi connectivity index (χ3n) is 5.33. The minimum atomic E-state index is -3.51. The average Bonchev–Trinajstić information content (AvgIpc) is 3.07. The Bertz CT molecular complexity index is 671. The van der Waals surface area contributed by atoms with E-state index in [-0.39, 0.29) is 18.1 Å². The van der Waals surface area contributed by atoms with Crippen molar-refractivity contribution in [2.75, 3.05) is 20.3 Å². The van der Waals surface area contributed by atoms with Gasteiger partial charge >= 0.3 is 13.6 Å². The van der Waals surface area contributed by atoms with Crippen LogP contribution in [0.15, 0.2) is 30.3 Å². The first kappa shape index (κ1) is 20.5. The van der Waals surface area contributed by atoms with Crippen molar-refractivity contribution in [2.45, 2.75) is 50.3 Å². The summed E-state index contributed by atoms with van der Waals surface area (Å²) in [7, 11) is -2.13. The molecule has 2 aliphatic rings. The molecule has 2 fully saturated rings. The number of nitrogens with one attached hydrogen (secondary N) is 1. The molecular weight excluding hydrogens is 367 g/mol. The minimum absolute atomic E-state index is 0.0168. The van der Waals surface area contributed by atoms with Crippen LogP contribution in [0.25, 0.3) is 0 Å². The predicted molar refractivity (Wildman–Crippen MR) is 103 cm³/mol. The van der Waals surface area contributed by atoms with Crippen molar-refractivity contribution >= 4 is 18.9 Å². The first-order valence-corrected chi connectivity index (χ1v) is 11.1. The van der Waals surface area contributed by atoms with Gasteiger partial charge in [-0.25, -0.2) is 0 Å². The molecule has 150 valence electrons. The van der Waals surface area contributed by atoms with E-state index in [1.807, 2.05) is 6.07 Å². The molecule has 0 radical (unpaired) electrons. The Morgan fingerprint density at radius 3 is 2.74 bits per heavy atom. The molecule has 4 unspecified atom stereocenters. The van der Waals surface area contributed by atoms with Crippen LogP contribution < -0.4 is 16.4 Å². The van der Waals surface area contributed by atoms with Gasteiger partial charge in [0.05, 0.1) is 23.9 Å². The van der Waals surface area contributed by atoms with Crippen LogP contribution in [0.1, 0.15) is 32.1 Å². The van der Waals surface area contributed by atoms with Crippen LogP contribution in [-0.2, 0) is 23.1 Å². The summed E-state index contributed by atoms with van der Waals surface area (Å²) in [6.07, 6.45) is 3.52. The summed E-state index contributed by atoms with van der Waals surface area (Å²) in [6.45, 7) is 0.919. The van der Waals surface area contributed by atoms with E-state index in [0.717, 1.165) is 25.7 Å². The molecule has 1 aromatic rings. The van der Waals surface area contributed by atoms with Crippen LogP contribution in [0.2, 0.25) is 0 Å². The van der Waals surface area contributed by atoms with E-state index in [9.17, 15) is 9.36 Å². The fourth-order valence-corrected chi connectivity index (χ4v) is 5.47. The van der Waals surface area contributed by atoms with Crippen molar-refractivity contribution < 1.29 is 23.1 Å². The zero-order valence-electron chi connectivity index (χ0n) is 15.7. The number of fused-ring (bicyclic) bond motifs is 2. The van der Waals surface area contributed by atoms with Gasteiger partial charge in [-0.15, -0.1) is 0 Å². The number of unbranched alkanes of at least 4 members (excludes halogenated alkanes) is 1. The van der Waals surface area contributed by atoms with Crippen LogP contribution in [0, 0.1) is 5.92 Å². The number of carbonyl (C=O) groups is 1. The lowest BCUT2D eigenvalue weighted by Gasteiger charge is -2.37. The van der Waals surface area contributed by atoms with Crippen LogP contribution in [0.5, 0.6) is 0 Å². The van der Waals surface area contributed by atoms with Gasteiger partial charge in [-0.2, -0.15) is 0 Å². The maximum Gasteiger partial charge on any atom is 0.361 e. The van der Waals surface area contributed by atoms with Crippen molar-refractivity contribution in [1.29, 1.82) is 0 Å². The molecule has 5 atom stereocenters. The van der Waals surface area contributed by atoms with Gasteiger partial charge in [0, 0.05) is 19.2 Å². The van der Waals surface area contributed by atoms with Gasteiger partial charge in [0.25, 0.3) is 0 Å². The van der Waals surface area contributed by atoms with Crippen molar-refractivity contribution in [1.82, 2.24) is 5.32 Å². The van der Waals surface area contributed by atoms with Gasteiger partial charge in [0.1, 0.15) is 0 Å². The van der Waals surface area contributed by atoms with Gasteiger partial charge in [0.2, 0.25) is 0 Å². The van der Waals surface area contributed by atoms with Crippen LogP contribution in [0.3, 0.4) is 0 Å². The lowest BCUT2D eigenvalue weighted by Crippen LogP contribution is -2.52. The highest BCUT2D eigenvalue weighted by Crippen LogP contribution is 2.50. The highest BCUT2D eigenvalue weighted by molar-refractivity contribution is 7.62. The van der Waals surface area contributed by atoms with E-state index in [0.29, 0.717) is 24.9 Å². The Morgan fingerprint density at radius 2 is 2.04 bits per heavy atom. The number of carbonyl (C=O) groups excluding carboxylic acids is 1. The van der Waals surface area contributed by atoms with Gasteiger partial charge < -0.3 is 24.8 Å². The maximum absolute atomic E-state index is 13.3. The Hall–Kier alpha value is -1.24. The number of hydrogen-bond donors (Lipinski definition) is 2. The Balaban J connectivity index is 1.74. The summed E-state index contributed by atoms with van der Waals surface area (Å²) in [5.41, 5.74) is 5.48. The first-order valence-electron chi connectivity index (χ1n) is 9.60. The van der Waals surface area contributed by atoms with Gasteiger partial charge in [-0.3, -0.25) is 9.36 Å². The first-order chi connectivity index (χ1) is 13.1. The lowest BCUT2D eigenvalue weighted by molar-refractivity contribution is -0.154. The van der Waals surface area contributed by atoms with E-state index < -0.39 is 19.6 Å². The average molecular weight is 396 g/mol. The van der Waals surface area contributed by atoms with Crippen LogP contribution >= 0.6 is 7.60 Å². The molecule has 0 amide bonds. The molecular formula is C19H29N2O5P. The molecule has 1 aromatic carbocycles. The van der Waals surface area contributed by atoms with E-state index >= 15 is 0 Å². The number of ether oxygens (including phenoxy) is 1. The molecule has 0 saturated carbocycles. The van der Waals surface area contributed by atoms with Gasteiger partial charge in [-0.05, 0) is 50.8 Å². The van der Waals surface area contributed by atoms with Crippen molar-refractivity contribution in [2.24, 2.45) is 11.7 Å². The molecule has 3 N–H and O–H groups in total. The second-order valence-corrected chi connectivity index (χ2v) is 9.22. The van der Waals surface area contributed by atoms with Crippen LogP contribution in [0.4, 0.5) is 0 Å². The third-order valence-corrected chi connectivity index (χ3v) is 7.29. The van der Waals surface area contributed by atoms with E-state index in [1.165, 1.54) is 7.11 Å². The lowest BCUT2D eigenvalue weighted by atomic mass is 9.89. The maximum atomic E-state index is 13.3. The Labute approximate surface area is 160 Å². The van der Waals surface area contributed by atoms with Gasteiger partial charge in [-0.1, -0.05) is 18.2 Å². The number of piperidine rings is 1. The minimum Gasteiger partial charge on any atom is -0.465 e. The molecule has 27 heavy (non-hydrogen) atoms. The molecule has 0 aromatic heterocycles. The zero-order chi connectivity index (χ0) is 19.3. The highest BCUT2D eigenvalue weighted by Gasteiger charge is 2.49. The molecule has 2 saturated heterocycles. The monoisotopic (exact) mass is 396 g/mol. The number of hydrogen-bond acceptors (Lipinski definition) is 7. The molecule has 8 heteroatoms. The molecule has 0 spiro atoms. The number of esters is 1. The zero-order valence-corrected chi connectivity index (χ0v) is 16.6. The van der Waals surface area contributed by atoms with E-state index in [4.69, 9.17) is 19.5 Å². The quantitative estimate of drug-likeness (QED) is 0.374. The number of nitrogens with two attached hydrogens (primary N) is 1. The van der Waals surface area contributed by atoms with Crippen LogP contribution in [-0.4, -0.2) is 44.4 Å². The second-order valence-electron chi connectivity index (χ2n) is 7.13. The van der Waals surface area contributed by atoms with E-state index in [2.05, 4.69) is 5.32 Å². The fraction of sp³-hybridized carbons (Fsp3) is 0.632. The third kappa shape index (κ3) is 4.79. The standard InChI is InChI=1S/C19H29N2O5P/c1-24-27(23,15-7-3-2-4-8-15)26-17-13-14-9-10-16(21-14)18(17)19(22)25-12-6-5-11-20/h2-4,7-8,14,16-18,21H,5-6,9-13,20H2,1H3/t14?,16?,17?,18-,27?/m1/s1. The summed E-state index contributed by atoms with van der Waals surface area (Å²) < 4.78 is 30.1. The van der Waals surface area contributed by atoms with Crippen molar-refractivity contribution in [3.63, 3.8) is 0 Å². The summed E-state index contributed by atoms with van der Waals surface area (Å²) in [4.78, 5) is 12.8. The molecule has 3 rings (SSSR count).